The van der Waals surface area contributed by atoms with Crippen LogP contribution in [0.5, 0.6) is 0 Å². The topological polar surface area (TPSA) is 12.0 Å². The molecule has 104 valence electrons. The van der Waals surface area contributed by atoms with Gasteiger partial charge in [0.25, 0.3) is 0 Å². The van der Waals surface area contributed by atoms with Crippen LogP contribution < -0.4 is 5.32 Å². The highest BCUT2D eigenvalue weighted by molar-refractivity contribution is 5.40. The van der Waals surface area contributed by atoms with Gasteiger partial charge in [0, 0.05) is 6.04 Å². The zero-order valence-electron chi connectivity index (χ0n) is 12.6. The maximum atomic E-state index is 3.49. The summed E-state index contributed by atoms with van der Waals surface area (Å²) in [7, 11) is 2.07. The molecule has 0 aromatic heterocycles. The monoisotopic (exact) mass is 265 g/mol. The van der Waals surface area contributed by atoms with E-state index in [1.165, 1.54) is 35.1 Å². The predicted octanol–water partition coefficient (Wildman–Crippen LogP) is 4.29. The largest absolute Gasteiger partial charge is 0.313 e. The molecule has 1 aliphatic carbocycles. The van der Waals surface area contributed by atoms with Crippen LogP contribution in [-0.4, -0.2) is 7.05 Å². The van der Waals surface area contributed by atoms with Gasteiger partial charge in [-0.1, -0.05) is 42.5 Å². The van der Waals surface area contributed by atoms with E-state index >= 15 is 0 Å². The molecule has 0 heterocycles. The summed E-state index contributed by atoms with van der Waals surface area (Å²) < 4.78 is 0. The fourth-order valence-corrected chi connectivity index (χ4v) is 3.26. The van der Waals surface area contributed by atoms with Crippen molar-refractivity contribution in [2.75, 3.05) is 7.05 Å². The summed E-state index contributed by atoms with van der Waals surface area (Å²) >= 11 is 0. The van der Waals surface area contributed by atoms with Gasteiger partial charge in [-0.2, -0.15) is 0 Å². The number of hydrogen-bond acceptors (Lipinski definition) is 1. The highest BCUT2D eigenvalue weighted by atomic mass is 14.9. The van der Waals surface area contributed by atoms with Crippen LogP contribution in [0, 0.1) is 13.8 Å². The Bertz CT molecular complexity index is 615. The van der Waals surface area contributed by atoms with Gasteiger partial charge in [-0.05, 0) is 67.5 Å². The van der Waals surface area contributed by atoms with E-state index in [-0.39, 0.29) is 0 Å². The van der Waals surface area contributed by atoms with Crippen LogP contribution in [0.25, 0.3) is 0 Å². The highest BCUT2D eigenvalue weighted by Gasteiger charge is 2.28. The van der Waals surface area contributed by atoms with Gasteiger partial charge < -0.3 is 5.32 Å². The molecule has 0 amide bonds. The van der Waals surface area contributed by atoms with E-state index in [1.54, 1.807) is 5.56 Å². The molecule has 0 spiro atoms. The van der Waals surface area contributed by atoms with E-state index in [0.29, 0.717) is 12.0 Å². The van der Waals surface area contributed by atoms with Crippen molar-refractivity contribution < 1.29 is 0 Å². The van der Waals surface area contributed by atoms with Gasteiger partial charge in [-0.3, -0.25) is 0 Å². The lowest BCUT2D eigenvalue weighted by Gasteiger charge is -2.33. The Labute approximate surface area is 122 Å². The molecule has 1 nitrogen and oxygen atoms in total. The van der Waals surface area contributed by atoms with Crippen molar-refractivity contribution in [3.63, 3.8) is 0 Å². The van der Waals surface area contributed by atoms with Crippen molar-refractivity contribution in [2.24, 2.45) is 0 Å². The number of rotatable bonds is 4. The predicted molar refractivity (Wildman–Crippen MR) is 85.2 cm³/mol. The van der Waals surface area contributed by atoms with Crippen LogP contribution in [0.1, 0.15) is 46.2 Å². The standard InChI is InChI=1S/C19H23N/c1-13-8-9-16(10-14(13)2)19(20-3)12-17-11-15-6-4-5-7-18(15)17/h4-10,17,19-20H,11-12H2,1-3H3. The zero-order valence-corrected chi connectivity index (χ0v) is 12.6. The smallest absolute Gasteiger partial charge is 0.0323 e. The Morgan fingerprint density at radius 1 is 1.10 bits per heavy atom. The third-order valence-corrected chi connectivity index (χ3v) is 4.76. The first-order valence-corrected chi connectivity index (χ1v) is 7.51. The van der Waals surface area contributed by atoms with Crippen molar-refractivity contribution in [2.45, 2.75) is 38.6 Å². The van der Waals surface area contributed by atoms with Crippen LogP contribution in [0.4, 0.5) is 0 Å². The molecule has 2 aromatic rings. The third-order valence-electron chi connectivity index (χ3n) is 4.76. The summed E-state index contributed by atoms with van der Waals surface area (Å²) in [6, 6.07) is 16.2. The van der Waals surface area contributed by atoms with Gasteiger partial charge in [0.2, 0.25) is 0 Å². The van der Waals surface area contributed by atoms with Crippen molar-refractivity contribution in [3.8, 4) is 0 Å². The lowest BCUT2D eigenvalue weighted by Crippen LogP contribution is -2.25. The molecule has 0 bridgehead atoms. The van der Waals surface area contributed by atoms with Gasteiger partial charge >= 0.3 is 0 Å². The number of aryl methyl sites for hydroxylation is 2. The van der Waals surface area contributed by atoms with Crippen molar-refractivity contribution in [1.82, 2.24) is 5.32 Å². The molecule has 0 radical (unpaired) electrons. The summed E-state index contributed by atoms with van der Waals surface area (Å²) in [6.07, 6.45) is 2.43. The lowest BCUT2D eigenvalue weighted by molar-refractivity contribution is 0.452. The van der Waals surface area contributed by atoms with E-state index in [1.807, 2.05) is 0 Å². The Balaban J connectivity index is 1.77. The molecule has 0 saturated carbocycles. The molecule has 1 aliphatic rings. The Kier molecular flexibility index (Phi) is 3.62. The molecule has 1 N–H and O–H groups in total. The Morgan fingerprint density at radius 2 is 1.90 bits per heavy atom. The first-order chi connectivity index (χ1) is 9.69. The average Bonchev–Trinajstić information content (AvgIpc) is 2.44. The van der Waals surface area contributed by atoms with Crippen LogP contribution in [0.15, 0.2) is 42.5 Å². The fourth-order valence-electron chi connectivity index (χ4n) is 3.26. The molecule has 20 heavy (non-hydrogen) atoms. The minimum absolute atomic E-state index is 0.452. The minimum Gasteiger partial charge on any atom is -0.313 e. The second kappa shape index (κ2) is 5.41. The van der Waals surface area contributed by atoms with E-state index in [4.69, 9.17) is 0 Å². The van der Waals surface area contributed by atoms with Crippen LogP contribution in [-0.2, 0) is 6.42 Å². The summed E-state index contributed by atoms with van der Waals surface area (Å²) in [5.74, 6) is 0.713. The Hall–Kier alpha value is -1.60. The van der Waals surface area contributed by atoms with Crippen LogP contribution >= 0.6 is 0 Å². The second-order valence-corrected chi connectivity index (χ2v) is 6.02. The first-order valence-electron chi connectivity index (χ1n) is 7.51. The van der Waals surface area contributed by atoms with Crippen molar-refractivity contribution in [3.05, 3.63) is 70.3 Å². The molecular formula is C19H23N. The normalized spacial score (nSPS) is 18.2. The van der Waals surface area contributed by atoms with Crippen LogP contribution in [0.2, 0.25) is 0 Å². The summed E-state index contributed by atoms with van der Waals surface area (Å²) in [5, 5.41) is 3.49. The molecule has 0 saturated heterocycles. The first kappa shape index (κ1) is 13.4. The second-order valence-electron chi connectivity index (χ2n) is 6.02. The zero-order chi connectivity index (χ0) is 14.1. The summed E-state index contributed by atoms with van der Waals surface area (Å²) in [5.41, 5.74) is 7.26. The van der Waals surface area contributed by atoms with E-state index < -0.39 is 0 Å². The number of fused-ring (bicyclic) bond motifs is 1. The fraction of sp³-hybridized carbons (Fsp3) is 0.368. The van der Waals surface area contributed by atoms with Gasteiger partial charge in [0.1, 0.15) is 0 Å². The molecule has 0 aliphatic heterocycles. The third kappa shape index (κ3) is 2.38. The molecule has 2 aromatic carbocycles. The van der Waals surface area contributed by atoms with Crippen LogP contribution in [0.3, 0.4) is 0 Å². The molecule has 3 rings (SSSR count). The molecule has 1 heteroatoms. The molecular weight excluding hydrogens is 242 g/mol. The number of hydrogen-bond donors (Lipinski definition) is 1. The van der Waals surface area contributed by atoms with E-state index in [9.17, 15) is 0 Å². The van der Waals surface area contributed by atoms with Gasteiger partial charge in [-0.25, -0.2) is 0 Å². The van der Waals surface area contributed by atoms with E-state index in [2.05, 4.69) is 68.7 Å². The highest BCUT2D eigenvalue weighted by Crippen LogP contribution is 2.40. The number of benzene rings is 2. The van der Waals surface area contributed by atoms with Gasteiger partial charge in [0.15, 0.2) is 0 Å². The molecule has 2 atom stereocenters. The average molecular weight is 265 g/mol. The Morgan fingerprint density at radius 3 is 2.60 bits per heavy atom. The van der Waals surface area contributed by atoms with Gasteiger partial charge in [-0.15, -0.1) is 0 Å². The minimum atomic E-state index is 0.452. The number of nitrogens with one attached hydrogen (secondary N) is 1. The SMILES string of the molecule is CNC(CC1Cc2ccccc21)c1ccc(C)c(C)c1. The van der Waals surface area contributed by atoms with Crippen molar-refractivity contribution >= 4 is 0 Å². The molecule has 2 unspecified atom stereocenters. The van der Waals surface area contributed by atoms with Crippen molar-refractivity contribution in [1.29, 1.82) is 0 Å². The maximum Gasteiger partial charge on any atom is 0.0323 e. The molecule has 0 fully saturated rings. The van der Waals surface area contributed by atoms with Gasteiger partial charge in [0.05, 0.1) is 0 Å². The lowest BCUT2D eigenvalue weighted by atomic mass is 9.73. The quantitative estimate of drug-likeness (QED) is 0.869. The summed E-state index contributed by atoms with van der Waals surface area (Å²) in [6.45, 7) is 4.37. The van der Waals surface area contributed by atoms with E-state index in [0.717, 1.165) is 0 Å². The maximum absolute atomic E-state index is 3.49. The summed E-state index contributed by atoms with van der Waals surface area (Å²) in [4.78, 5) is 0.